The first kappa shape index (κ1) is 59.9. The highest BCUT2D eigenvalue weighted by molar-refractivity contribution is 5.71. The molecule has 362 valence electrons. The van der Waals surface area contributed by atoms with Crippen LogP contribution < -0.4 is 0 Å². The first-order valence-electron chi connectivity index (χ1n) is 26.4. The Balaban J connectivity index is 4.13. The second-order valence-electron chi connectivity index (χ2n) is 17.4. The largest absolute Gasteiger partial charge is 0.462 e. The van der Waals surface area contributed by atoms with Crippen molar-refractivity contribution < 1.29 is 28.6 Å². The van der Waals surface area contributed by atoms with Gasteiger partial charge >= 0.3 is 17.9 Å². The van der Waals surface area contributed by atoms with Crippen molar-refractivity contribution in [1.82, 2.24) is 0 Å². The topological polar surface area (TPSA) is 78.9 Å². The van der Waals surface area contributed by atoms with E-state index in [4.69, 9.17) is 14.2 Å². The molecular formula is C57H98O6. The van der Waals surface area contributed by atoms with Gasteiger partial charge in [-0.15, -0.1) is 0 Å². The number of unbranched alkanes of at least 4 members (excludes halogenated alkanes) is 24. The molecule has 0 fully saturated rings. The van der Waals surface area contributed by atoms with Crippen molar-refractivity contribution in [1.29, 1.82) is 0 Å². The van der Waals surface area contributed by atoms with Crippen molar-refractivity contribution in [2.24, 2.45) is 0 Å². The highest BCUT2D eigenvalue weighted by atomic mass is 16.6. The van der Waals surface area contributed by atoms with Gasteiger partial charge in [-0.05, 0) is 89.9 Å². The minimum atomic E-state index is -0.777. The fourth-order valence-electron chi connectivity index (χ4n) is 7.23. The lowest BCUT2D eigenvalue weighted by Gasteiger charge is -2.18. The van der Waals surface area contributed by atoms with Crippen molar-refractivity contribution >= 4 is 17.9 Å². The second-order valence-corrected chi connectivity index (χ2v) is 17.4. The lowest BCUT2D eigenvalue weighted by atomic mass is 10.1. The van der Waals surface area contributed by atoms with Crippen LogP contribution in [-0.4, -0.2) is 37.2 Å². The summed E-state index contributed by atoms with van der Waals surface area (Å²) in [6.07, 6.45) is 65.0. The number of rotatable bonds is 47. The molecule has 0 amide bonds. The molecule has 1 atom stereocenters. The second kappa shape index (κ2) is 51.5. The Hall–Kier alpha value is -3.15. The molecule has 0 aliphatic heterocycles. The molecule has 6 heteroatoms. The number of hydrogen-bond acceptors (Lipinski definition) is 6. The molecule has 0 rings (SSSR count). The van der Waals surface area contributed by atoms with Crippen molar-refractivity contribution in [3.63, 3.8) is 0 Å². The first-order valence-corrected chi connectivity index (χ1v) is 26.4. The monoisotopic (exact) mass is 879 g/mol. The van der Waals surface area contributed by atoms with Gasteiger partial charge in [-0.1, -0.05) is 216 Å². The van der Waals surface area contributed by atoms with Crippen LogP contribution in [0.1, 0.15) is 252 Å². The van der Waals surface area contributed by atoms with Crippen LogP contribution in [0.15, 0.2) is 72.9 Å². The maximum absolute atomic E-state index is 12.7. The third-order valence-electron chi connectivity index (χ3n) is 11.2. The Bertz CT molecular complexity index is 1190. The van der Waals surface area contributed by atoms with Gasteiger partial charge in [0.1, 0.15) is 13.2 Å². The molecule has 0 aliphatic carbocycles. The van der Waals surface area contributed by atoms with Crippen molar-refractivity contribution in [2.45, 2.75) is 258 Å². The molecule has 0 spiro atoms. The van der Waals surface area contributed by atoms with Gasteiger partial charge in [-0.25, -0.2) is 0 Å². The summed E-state index contributed by atoms with van der Waals surface area (Å²) >= 11 is 0. The number of esters is 3. The Morgan fingerprint density at radius 1 is 0.333 bits per heavy atom. The highest BCUT2D eigenvalue weighted by Crippen LogP contribution is 2.14. The van der Waals surface area contributed by atoms with Crippen LogP contribution in [0.25, 0.3) is 0 Å². The third kappa shape index (κ3) is 49.7. The fraction of sp³-hybridized carbons (Fsp3) is 0.737. The lowest BCUT2D eigenvalue weighted by Crippen LogP contribution is -2.30. The third-order valence-corrected chi connectivity index (χ3v) is 11.2. The summed E-state index contributed by atoms with van der Waals surface area (Å²) in [5.74, 6) is -0.907. The van der Waals surface area contributed by atoms with E-state index < -0.39 is 6.10 Å². The van der Waals surface area contributed by atoms with Crippen molar-refractivity contribution in [3.8, 4) is 0 Å². The van der Waals surface area contributed by atoms with Crippen LogP contribution in [0.2, 0.25) is 0 Å². The van der Waals surface area contributed by atoms with Gasteiger partial charge in [-0.3, -0.25) is 14.4 Å². The van der Waals surface area contributed by atoms with Gasteiger partial charge in [0.15, 0.2) is 6.10 Å². The molecule has 0 saturated heterocycles. The van der Waals surface area contributed by atoms with Crippen LogP contribution in [0, 0.1) is 0 Å². The fourth-order valence-corrected chi connectivity index (χ4v) is 7.23. The Kier molecular flexibility index (Phi) is 48.9. The van der Waals surface area contributed by atoms with Crippen LogP contribution in [0.4, 0.5) is 0 Å². The van der Waals surface area contributed by atoms with E-state index in [-0.39, 0.29) is 31.1 Å². The molecule has 0 heterocycles. The maximum Gasteiger partial charge on any atom is 0.306 e. The van der Waals surface area contributed by atoms with Crippen molar-refractivity contribution in [3.05, 3.63) is 72.9 Å². The molecule has 0 N–H and O–H groups in total. The van der Waals surface area contributed by atoms with Crippen LogP contribution in [-0.2, 0) is 28.6 Å². The molecule has 6 nitrogen and oxygen atoms in total. The van der Waals surface area contributed by atoms with E-state index in [0.29, 0.717) is 19.3 Å². The first-order chi connectivity index (χ1) is 31.0. The summed E-state index contributed by atoms with van der Waals surface area (Å²) < 4.78 is 16.7. The minimum Gasteiger partial charge on any atom is -0.462 e. The van der Waals surface area contributed by atoms with Crippen LogP contribution in [0.5, 0.6) is 0 Å². The zero-order chi connectivity index (χ0) is 45.8. The zero-order valence-electron chi connectivity index (χ0n) is 41.3. The van der Waals surface area contributed by atoms with Gasteiger partial charge in [-0.2, -0.15) is 0 Å². The minimum absolute atomic E-state index is 0.0808. The van der Waals surface area contributed by atoms with E-state index in [9.17, 15) is 14.4 Å². The molecule has 0 aromatic carbocycles. The van der Waals surface area contributed by atoms with Crippen LogP contribution >= 0.6 is 0 Å². The lowest BCUT2D eigenvalue weighted by molar-refractivity contribution is -0.167. The van der Waals surface area contributed by atoms with E-state index in [1.807, 2.05) is 0 Å². The molecular weight excluding hydrogens is 781 g/mol. The molecule has 0 aliphatic rings. The molecule has 0 bridgehead atoms. The average molecular weight is 879 g/mol. The number of carbonyl (C=O) groups is 3. The van der Waals surface area contributed by atoms with Gasteiger partial charge in [0, 0.05) is 19.3 Å². The normalized spacial score (nSPS) is 12.6. The predicted octanol–water partition coefficient (Wildman–Crippen LogP) is 17.4. The highest BCUT2D eigenvalue weighted by Gasteiger charge is 2.19. The Morgan fingerprint density at radius 2 is 0.619 bits per heavy atom. The Morgan fingerprint density at radius 3 is 0.984 bits per heavy atom. The molecule has 0 aromatic heterocycles. The van der Waals surface area contributed by atoms with E-state index in [1.54, 1.807) is 0 Å². The maximum atomic E-state index is 12.7. The summed E-state index contributed by atoms with van der Waals surface area (Å²) in [6.45, 7) is 6.43. The van der Waals surface area contributed by atoms with Gasteiger partial charge in [0.25, 0.3) is 0 Å². The molecule has 1 unspecified atom stereocenters. The average Bonchev–Trinajstić information content (AvgIpc) is 3.28. The summed E-state index contributed by atoms with van der Waals surface area (Å²) in [5.41, 5.74) is 0. The smallest absolute Gasteiger partial charge is 0.306 e. The van der Waals surface area contributed by atoms with E-state index >= 15 is 0 Å². The zero-order valence-corrected chi connectivity index (χ0v) is 41.3. The molecule has 63 heavy (non-hydrogen) atoms. The number of hydrogen-bond donors (Lipinski definition) is 0. The van der Waals surface area contributed by atoms with E-state index in [2.05, 4.69) is 93.7 Å². The van der Waals surface area contributed by atoms with Crippen LogP contribution in [0.3, 0.4) is 0 Å². The van der Waals surface area contributed by atoms with Crippen molar-refractivity contribution in [2.75, 3.05) is 13.2 Å². The van der Waals surface area contributed by atoms with Gasteiger partial charge < -0.3 is 14.2 Å². The summed E-state index contributed by atoms with van der Waals surface area (Å²) in [5, 5.41) is 0. The number of ether oxygens (including phenoxy) is 3. The van der Waals surface area contributed by atoms with E-state index in [0.717, 1.165) is 116 Å². The molecule has 0 aromatic rings. The number of carbonyl (C=O) groups excluding carboxylic acids is 3. The quantitative estimate of drug-likeness (QED) is 0.0262. The molecule has 0 saturated carbocycles. The predicted molar refractivity (Wildman–Crippen MR) is 270 cm³/mol. The SMILES string of the molecule is CC/C=C\C/C=C\C/C=C\C/C=C\C/C=C\CCCCCCCCCCCC(=O)OCC(COC(=O)CCCCCCC)OC(=O)CCCCCCC/C=C\CCCCCCCC. The summed E-state index contributed by atoms with van der Waals surface area (Å²) in [4.78, 5) is 37.7. The van der Waals surface area contributed by atoms with Gasteiger partial charge in [0.2, 0.25) is 0 Å². The summed E-state index contributed by atoms with van der Waals surface area (Å²) in [7, 11) is 0. The van der Waals surface area contributed by atoms with Gasteiger partial charge in [0.05, 0.1) is 0 Å². The number of allylic oxidation sites excluding steroid dienone is 12. The Labute approximate surface area is 389 Å². The standard InChI is InChI=1S/C57H98O6/c1-4-7-10-13-15-17-19-21-23-24-25-26-27-28-29-30-31-32-34-35-37-39-41-44-47-50-56(59)62-53-54(52-61-55(58)49-46-43-12-9-6-3)63-57(60)51-48-45-42-40-38-36-33-22-20-18-16-14-11-8-5-2/h7,10,15,17,21-23,25-26,28-29,33,54H,4-6,8-9,11-14,16,18-20,24,27,30-32,34-53H2,1-3H3/b10-7-,17-15-,23-21-,26-25-,29-28-,33-22-. The van der Waals surface area contributed by atoms with E-state index in [1.165, 1.54) is 96.3 Å². The molecule has 0 radical (unpaired) electrons. The summed E-state index contributed by atoms with van der Waals surface area (Å²) in [6, 6.07) is 0.